The van der Waals surface area contributed by atoms with E-state index in [-0.39, 0.29) is 6.61 Å². The van der Waals surface area contributed by atoms with Crippen molar-refractivity contribution in [2.75, 3.05) is 11.9 Å². The van der Waals surface area contributed by atoms with Crippen LogP contribution in [-0.2, 0) is 13.2 Å². The summed E-state index contributed by atoms with van der Waals surface area (Å²) in [5.41, 5.74) is 2.31. The van der Waals surface area contributed by atoms with Gasteiger partial charge in [-0.05, 0) is 61.0 Å². The zero-order valence-electron chi connectivity index (χ0n) is 15.3. The van der Waals surface area contributed by atoms with E-state index in [1.165, 1.54) is 6.07 Å². The summed E-state index contributed by atoms with van der Waals surface area (Å²) in [5, 5.41) is 4.36. The van der Waals surface area contributed by atoms with Gasteiger partial charge in [-0.2, -0.15) is 0 Å². The van der Waals surface area contributed by atoms with Crippen molar-refractivity contribution >= 4 is 28.9 Å². The molecule has 0 unspecified atom stereocenters. The van der Waals surface area contributed by atoms with Gasteiger partial charge in [0, 0.05) is 22.8 Å². The SMILES string of the molecule is CCOc1cc(CNc2ccc(Cl)cc2)ccc1OCc1c(F)cccc1Cl. The number of benzene rings is 3. The molecule has 0 amide bonds. The van der Waals surface area contributed by atoms with Crippen LogP contribution in [0.15, 0.2) is 60.7 Å². The monoisotopic (exact) mass is 419 g/mol. The molecule has 3 aromatic carbocycles. The number of hydrogen-bond donors (Lipinski definition) is 1. The van der Waals surface area contributed by atoms with Crippen LogP contribution in [-0.4, -0.2) is 6.61 Å². The van der Waals surface area contributed by atoms with Crippen molar-refractivity contribution < 1.29 is 13.9 Å². The van der Waals surface area contributed by atoms with Gasteiger partial charge >= 0.3 is 0 Å². The maximum absolute atomic E-state index is 13.9. The second-order valence-corrected chi connectivity index (χ2v) is 6.91. The van der Waals surface area contributed by atoms with Crippen LogP contribution in [0.5, 0.6) is 11.5 Å². The average molecular weight is 420 g/mol. The van der Waals surface area contributed by atoms with E-state index in [2.05, 4.69) is 5.32 Å². The molecule has 0 saturated heterocycles. The number of halogens is 3. The van der Waals surface area contributed by atoms with E-state index in [9.17, 15) is 4.39 Å². The lowest BCUT2D eigenvalue weighted by Gasteiger charge is -2.15. The van der Waals surface area contributed by atoms with Crippen LogP contribution >= 0.6 is 23.2 Å². The predicted molar refractivity (Wildman–Crippen MR) is 112 cm³/mol. The zero-order chi connectivity index (χ0) is 19.9. The smallest absolute Gasteiger partial charge is 0.161 e. The molecule has 0 aliphatic carbocycles. The van der Waals surface area contributed by atoms with Crippen LogP contribution in [0.4, 0.5) is 10.1 Å². The van der Waals surface area contributed by atoms with Gasteiger partial charge in [0.2, 0.25) is 0 Å². The van der Waals surface area contributed by atoms with Crippen molar-refractivity contribution in [1.82, 2.24) is 0 Å². The topological polar surface area (TPSA) is 30.5 Å². The summed E-state index contributed by atoms with van der Waals surface area (Å²) >= 11 is 12.0. The van der Waals surface area contributed by atoms with Crippen LogP contribution in [0.2, 0.25) is 10.0 Å². The Hall–Kier alpha value is -2.43. The first-order chi connectivity index (χ1) is 13.6. The molecule has 0 atom stereocenters. The van der Waals surface area contributed by atoms with Gasteiger partial charge < -0.3 is 14.8 Å². The van der Waals surface area contributed by atoms with Crippen LogP contribution in [0.3, 0.4) is 0 Å². The number of nitrogens with one attached hydrogen (secondary N) is 1. The van der Waals surface area contributed by atoms with Crippen molar-refractivity contribution in [3.63, 3.8) is 0 Å². The lowest BCUT2D eigenvalue weighted by Crippen LogP contribution is -2.04. The molecule has 3 nitrogen and oxygen atoms in total. The summed E-state index contributed by atoms with van der Waals surface area (Å²) in [6.45, 7) is 3.02. The summed E-state index contributed by atoms with van der Waals surface area (Å²) in [6.07, 6.45) is 0. The molecule has 3 rings (SSSR count). The number of rotatable bonds is 8. The minimum Gasteiger partial charge on any atom is -0.490 e. The fourth-order valence-electron chi connectivity index (χ4n) is 2.64. The maximum Gasteiger partial charge on any atom is 0.161 e. The summed E-state index contributed by atoms with van der Waals surface area (Å²) in [6, 6.07) is 17.7. The minimum atomic E-state index is -0.394. The summed E-state index contributed by atoms with van der Waals surface area (Å²) in [7, 11) is 0. The maximum atomic E-state index is 13.9. The minimum absolute atomic E-state index is 0.0218. The van der Waals surface area contributed by atoms with Crippen molar-refractivity contribution in [1.29, 1.82) is 0 Å². The van der Waals surface area contributed by atoms with Gasteiger partial charge in [-0.25, -0.2) is 4.39 Å². The predicted octanol–water partition coefficient (Wildman–Crippen LogP) is 6.72. The number of anilines is 1. The van der Waals surface area contributed by atoms with E-state index in [4.69, 9.17) is 32.7 Å². The molecular weight excluding hydrogens is 400 g/mol. The third-order valence-corrected chi connectivity index (χ3v) is 4.69. The van der Waals surface area contributed by atoms with Gasteiger partial charge in [-0.1, -0.05) is 35.3 Å². The molecule has 0 bridgehead atoms. The fourth-order valence-corrected chi connectivity index (χ4v) is 2.99. The highest BCUT2D eigenvalue weighted by atomic mass is 35.5. The Balaban J connectivity index is 1.70. The van der Waals surface area contributed by atoms with Crippen molar-refractivity contribution in [3.05, 3.63) is 87.7 Å². The lowest BCUT2D eigenvalue weighted by atomic mass is 10.2. The molecule has 0 spiro atoms. The molecule has 0 aromatic heterocycles. The second-order valence-electron chi connectivity index (χ2n) is 6.06. The van der Waals surface area contributed by atoms with E-state index in [0.717, 1.165) is 11.3 Å². The van der Waals surface area contributed by atoms with E-state index in [0.29, 0.717) is 40.3 Å². The quantitative estimate of drug-likeness (QED) is 0.439. The van der Waals surface area contributed by atoms with Crippen molar-refractivity contribution in [2.45, 2.75) is 20.1 Å². The molecule has 0 radical (unpaired) electrons. The van der Waals surface area contributed by atoms with E-state index in [1.807, 2.05) is 49.4 Å². The molecule has 0 aliphatic heterocycles. The van der Waals surface area contributed by atoms with E-state index < -0.39 is 5.82 Å². The molecule has 146 valence electrons. The average Bonchev–Trinajstić information content (AvgIpc) is 2.68. The second kappa shape index (κ2) is 9.67. The highest BCUT2D eigenvalue weighted by molar-refractivity contribution is 6.31. The normalized spacial score (nSPS) is 10.6. The van der Waals surface area contributed by atoms with Gasteiger partial charge in [0.15, 0.2) is 11.5 Å². The highest BCUT2D eigenvalue weighted by Gasteiger charge is 2.11. The van der Waals surface area contributed by atoms with Gasteiger partial charge in [-0.3, -0.25) is 0 Å². The molecule has 0 heterocycles. The Kier molecular flexibility index (Phi) is 7.01. The Morgan fingerprint density at radius 2 is 1.71 bits per heavy atom. The Bertz CT molecular complexity index is 912. The third-order valence-electron chi connectivity index (χ3n) is 4.08. The van der Waals surface area contributed by atoms with E-state index in [1.54, 1.807) is 12.1 Å². The fraction of sp³-hybridized carbons (Fsp3) is 0.182. The lowest BCUT2D eigenvalue weighted by molar-refractivity contribution is 0.265. The van der Waals surface area contributed by atoms with E-state index >= 15 is 0 Å². The van der Waals surface area contributed by atoms with Gasteiger partial charge in [0.05, 0.1) is 11.6 Å². The molecule has 0 fully saturated rings. The summed E-state index contributed by atoms with van der Waals surface area (Å²) in [4.78, 5) is 0. The first-order valence-corrected chi connectivity index (χ1v) is 9.63. The van der Waals surface area contributed by atoms with Crippen molar-refractivity contribution in [3.8, 4) is 11.5 Å². The van der Waals surface area contributed by atoms with Crippen LogP contribution in [0, 0.1) is 5.82 Å². The highest BCUT2D eigenvalue weighted by Crippen LogP contribution is 2.31. The zero-order valence-corrected chi connectivity index (χ0v) is 16.9. The third kappa shape index (κ3) is 5.31. The Labute approximate surface area is 174 Å². The first-order valence-electron chi connectivity index (χ1n) is 8.87. The molecule has 1 N–H and O–H groups in total. The molecule has 28 heavy (non-hydrogen) atoms. The number of ether oxygens (including phenoxy) is 2. The summed E-state index contributed by atoms with van der Waals surface area (Å²) < 4.78 is 25.4. The standard InChI is InChI=1S/C22H20Cl2FNO2/c1-2-27-22-12-15(13-26-17-9-7-16(23)8-10-17)6-11-21(22)28-14-18-19(24)4-3-5-20(18)25/h3-12,26H,2,13-14H2,1H3. The Morgan fingerprint density at radius 1 is 0.929 bits per heavy atom. The van der Waals surface area contributed by atoms with Gasteiger partial charge in [0.1, 0.15) is 12.4 Å². The number of hydrogen-bond acceptors (Lipinski definition) is 3. The van der Waals surface area contributed by atoms with Crippen LogP contribution in [0.1, 0.15) is 18.1 Å². The Morgan fingerprint density at radius 3 is 2.43 bits per heavy atom. The molecule has 0 saturated carbocycles. The van der Waals surface area contributed by atoms with Crippen LogP contribution < -0.4 is 14.8 Å². The summed E-state index contributed by atoms with van der Waals surface area (Å²) in [5.74, 6) is 0.746. The van der Waals surface area contributed by atoms with Crippen molar-refractivity contribution in [2.24, 2.45) is 0 Å². The van der Waals surface area contributed by atoms with Gasteiger partial charge in [-0.15, -0.1) is 0 Å². The molecule has 6 heteroatoms. The van der Waals surface area contributed by atoms with Gasteiger partial charge in [0.25, 0.3) is 0 Å². The first kappa shape index (κ1) is 20.3. The van der Waals surface area contributed by atoms with Crippen LogP contribution in [0.25, 0.3) is 0 Å². The molecular formula is C22H20Cl2FNO2. The molecule has 3 aromatic rings. The molecule has 0 aliphatic rings. The largest absolute Gasteiger partial charge is 0.490 e.